The molecule has 2 saturated carbocycles. The minimum absolute atomic E-state index is 0.0442. The number of phenolic OH excluding ortho intramolecular Hbond substituents is 6. The van der Waals surface area contributed by atoms with E-state index in [1.807, 2.05) is 24.3 Å². The van der Waals surface area contributed by atoms with Gasteiger partial charge in [0, 0.05) is 34.2 Å². The SMILES string of the molecule is CC(c1ccc(O)c(NC(=O)c2ccc(Oc3ccc(C(=O)Cc4cc(C(C)(c5ccc(O)c(N6C(=O)C7C8C=CC(C8)C7C6=O)c5)C(F)(F)F)ccc4O)cc3)cc2)c1)(c1ccc(O)c(NC(=O)c2ccc(Oc3ccc(C(=O)Nc4cc(C(C)(c5ccc(O)c(N6C(=O)C7C8C=CC(C8)C7C6=O)c5)C(F)(F)F)ccc4O)cc3)cc2)c1)C(F)(F)F. The molecule has 4 bridgehead atoms. The zero-order chi connectivity index (χ0) is 86.9. The Balaban J connectivity index is 0.534. The van der Waals surface area contributed by atoms with E-state index in [0.29, 0.717) is 12.8 Å². The summed E-state index contributed by atoms with van der Waals surface area (Å²) < 4.78 is 152. The Kier molecular flexibility index (Phi) is 20.0. The molecule has 0 spiro atoms. The van der Waals surface area contributed by atoms with Crippen molar-refractivity contribution in [2.45, 2.75) is 74.8 Å². The Morgan fingerprint density at radius 1 is 0.336 bits per heavy atom. The number of ketones is 1. The average molecular weight is 1670 g/mol. The second-order valence-corrected chi connectivity index (χ2v) is 31.6. The zero-order valence-electron chi connectivity index (χ0n) is 64.2. The number of nitrogens with one attached hydrogen (secondary N) is 3. The number of phenols is 6. The highest BCUT2D eigenvalue weighted by molar-refractivity contribution is 6.24. The fraction of sp³-hybridized carbons (Fsp3) is 0.217. The molecule has 2 heterocycles. The van der Waals surface area contributed by atoms with Gasteiger partial charge in [-0.15, -0.1) is 0 Å². The second kappa shape index (κ2) is 30.0. The molecule has 2 saturated heterocycles. The molecule has 122 heavy (non-hydrogen) atoms. The van der Waals surface area contributed by atoms with E-state index in [9.17, 15) is 69.0 Å². The van der Waals surface area contributed by atoms with Gasteiger partial charge in [-0.2, -0.15) is 39.5 Å². The number of alkyl halides is 9. The Hall–Kier alpha value is -14.2. The number of fused-ring (bicyclic) bond motifs is 10. The van der Waals surface area contributed by atoms with Crippen LogP contribution in [0.25, 0.3) is 0 Å². The number of benzene rings is 10. The fourth-order valence-corrected chi connectivity index (χ4v) is 17.5. The predicted octanol–water partition coefficient (Wildman–Crippen LogP) is 17.9. The Morgan fingerprint density at radius 3 is 0.861 bits per heavy atom. The van der Waals surface area contributed by atoms with Crippen LogP contribution in [0.1, 0.15) is 114 Å². The molecule has 11 atom stereocenters. The topological polar surface area (TPSA) is 319 Å². The van der Waals surface area contributed by atoms with E-state index in [2.05, 4.69) is 16.0 Å². The van der Waals surface area contributed by atoms with Crippen molar-refractivity contribution in [1.29, 1.82) is 0 Å². The van der Waals surface area contributed by atoms with E-state index in [4.69, 9.17) is 9.47 Å². The number of nitrogens with zero attached hydrogens (tertiary/aromatic N) is 2. The van der Waals surface area contributed by atoms with Crippen molar-refractivity contribution in [2.75, 3.05) is 25.8 Å². The average Bonchev–Trinajstić information content (AvgIpc) is 1.55. The summed E-state index contributed by atoms with van der Waals surface area (Å²) in [5, 5.41) is 72.8. The van der Waals surface area contributed by atoms with Crippen molar-refractivity contribution < 1.29 is 118 Å². The number of anilines is 5. The molecule has 0 radical (unpaired) electrons. The van der Waals surface area contributed by atoms with Crippen LogP contribution in [-0.2, 0) is 41.8 Å². The molecule has 11 unspecified atom stereocenters. The molecule has 30 heteroatoms. The van der Waals surface area contributed by atoms with Gasteiger partial charge in [-0.05, 0) is 254 Å². The Morgan fingerprint density at radius 2 is 0.582 bits per heavy atom. The van der Waals surface area contributed by atoms with Crippen LogP contribution in [0.2, 0.25) is 0 Å². The molecule has 6 aliphatic rings. The maximum atomic E-state index is 15.7. The van der Waals surface area contributed by atoms with Gasteiger partial charge in [-0.3, -0.25) is 38.4 Å². The van der Waals surface area contributed by atoms with Crippen LogP contribution < -0.4 is 35.2 Å². The number of Topliss-reactive ketones (excluding diaryl/α,β-unsaturated/α-hetero) is 1. The van der Waals surface area contributed by atoms with Crippen LogP contribution in [0, 0.1) is 47.3 Å². The number of hydrogen-bond donors (Lipinski definition) is 9. The first kappa shape index (κ1) is 81.5. The number of allylic oxidation sites excluding steroid dienone is 4. The molecule has 4 fully saturated rings. The largest absolute Gasteiger partial charge is 0.508 e. The van der Waals surface area contributed by atoms with Crippen molar-refractivity contribution >= 4 is 75.6 Å². The summed E-state index contributed by atoms with van der Waals surface area (Å²) in [6.07, 6.45) is -7.22. The summed E-state index contributed by atoms with van der Waals surface area (Å²) >= 11 is 0. The molecule has 622 valence electrons. The van der Waals surface area contributed by atoms with Gasteiger partial charge in [-0.1, -0.05) is 66.8 Å². The third-order valence-electron chi connectivity index (χ3n) is 24.7. The minimum Gasteiger partial charge on any atom is -0.508 e. The third kappa shape index (κ3) is 13.9. The summed E-state index contributed by atoms with van der Waals surface area (Å²) in [5.74, 6) is -12.3. The quantitative estimate of drug-likeness (QED) is 0.0106. The lowest BCUT2D eigenvalue weighted by atomic mass is 9.74. The van der Waals surface area contributed by atoms with Gasteiger partial charge in [0.25, 0.3) is 17.7 Å². The van der Waals surface area contributed by atoms with Crippen LogP contribution in [0.4, 0.5) is 68.0 Å². The number of carbonyl (C=O) groups is 8. The lowest BCUT2D eigenvalue weighted by molar-refractivity contribution is -0.173. The molecule has 0 aromatic heterocycles. The van der Waals surface area contributed by atoms with Crippen molar-refractivity contribution in [3.63, 3.8) is 0 Å². The number of carbonyl (C=O) groups excluding carboxylic acids is 8. The molecule has 2 aliphatic heterocycles. The van der Waals surface area contributed by atoms with Crippen LogP contribution in [0.5, 0.6) is 57.5 Å². The summed E-state index contributed by atoms with van der Waals surface area (Å²) in [7, 11) is 0. The first-order valence-electron chi connectivity index (χ1n) is 38.3. The minimum atomic E-state index is -5.13. The lowest BCUT2D eigenvalue weighted by Gasteiger charge is -2.34. The van der Waals surface area contributed by atoms with E-state index >= 15 is 39.5 Å². The Bertz CT molecular complexity index is 5680. The van der Waals surface area contributed by atoms with Crippen LogP contribution >= 0.6 is 0 Å². The molecular weight excluding hydrogens is 1600 g/mol. The second-order valence-electron chi connectivity index (χ2n) is 31.6. The van der Waals surface area contributed by atoms with E-state index in [0.717, 1.165) is 140 Å². The fourth-order valence-electron chi connectivity index (χ4n) is 17.5. The summed E-state index contributed by atoms with van der Waals surface area (Å²) in [6, 6.07) is 39.0. The molecule has 21 nitrogen and oxygen atoms in total. The zero-order valence-corrected chi connectivity index (χ0v) is 64.2. The van der Waals surface area contributed by atoms with E-state index in [1.54, 1.807) is 0 Å². The third-order valence-corrected chi connectivity index (χ3v) is 24.7. The number of amides is 7. The molecule has 9 N–H and O–H groups in total. The maximum Gasteiger partial charge on any atom is 0.402 e. The highest BCUT2D eigenvalue weighted by Crippen LogP contribution is 2.59. The van der Waals surface area contributed by atoms with Crippen LogP contribution in [0.3, 0.4) is 0 Å². The van der Waals surface area contributed by atoms with Gasteiger partial charge < -0.3 is 56.1 Å². The lowest BCUT2D eigenvalue weighted by Crippen LogP contribution is -2.41. The van der Waals surface area contributed by atoms with Gasteiger partial charge >= 0.3 is 18.5 Å². The van der Waals surface area contributed by atoms with Crippen LogP contribution in [0.15, 0.2) is 231 Å². The normalized spacial score (nSPS) is 20.9. The highest BCUT2D eigenvalue weighted by Gasteiger charge is 2.63. The first-order chi connectivity index (χ1) is 57.7. The standard InChI is InChI=1S/C92H70F9N5O16/c1-87(90(93,94)95,58-20-34-73(111)67(43-58)105-83(117)76-49-4-5-50(36-49)77(76)84(105)118)54-16-30-69(107)53(38-54)39-75(113)45-8-22-60(23-9-45)121-61-24-10-46(11-25-61)80(114)102-64-40-55(17-31-70(64)108)88(2,91(96,97)98)56-18-32-71(109)65(41-56)103-81(115)47-12-26-62(27-13-47)122-63-28-14-48(15-29-63)82(116)104-66-42-57(19-33-72(66)110)89(3,92(99,100)101)59-21-35-74(112)68(44-59)106-85(119)78-51-6-7-52(37-51)79(78)86(106)120/h4-35,38,40-44,49-52,76-79,107-112H,36-37,39H2,1-3H3,(H,102,114)(H,103,115)(H,104,116). The first-order valence-corrected chi connectivity index (χ1v) is 38.3. The molecule has 10 aromatic rings. The number of hydrogen-bond acceptors (Lipinski definition) is 16. The van der Waals surface area contributed by atoms with E-state index in [1.165, 1.54) is 97.1 Å². The Labute approximate surface area is 687 Å². The monoisotopic (exact) mass is 1670 g/mol. The number of halogens is 9. The van der Waals surface area contributed by atoms with E-state index in [-0.39, 0.29) is 74.5 Å². The van der Waals surface area contributed by atoms with Crippen molar-refractivity contribution in [3.8, 4) is 57.5 Å². The molecule has 10 aromatic carbocycles. The van der Waals surface area contributed by atoms with Crippen LogP contribution in [-0.4, -0.2) is 96.3 Å². The van der Waals surface area contributed by atoms with Crippen molar-refractivity contribution in [3.05, 3.63) is 292 Å². The molecule has 7 amide bonds. The smallest absolute Gasteiger partial charge is 0.402 e. The molecule has 4 aliphatic carbocycles. The number of imide groups is 2. The summed E-state index contributed by atoms with van der Waals surface area (Å²) in [5.41, 5.74) is -13.9. The molecular formula is C92H70F9N5O16. The molecule has 16 rings (SSSR count). The van der Waals surface area contributed by atoms with E-state index < -0.39 is 208 Å². The summed E-state index contributed by atoms with van der Waals surface area (Å²) in [4.78, 5) is 111. The number of rotatable bonds is 21. The number of aromatic hydroxyl groups is 6. The van der Waals surface area contributed by atoms with Gasteiger partial charge in [-0.25, -0.2) is 9.80 Å². The highest BCUT2D eigenvalue weighted by atomic mass is 19.4. The maximum absolute atomic E-state index is 15.7. The number of ether oxygens (including phenoxy) is 2. The van der Waals surface area contributed by atoms with Gasteiger partial charge in [0.1, 0.15) is 73.7 Å². The van der Waals surface area contributed by atoms with Crippen molar-refractivity contribution in [2.24, 2.45) is 47.3 Å². The van der Waals surface area contributed by atoms with Crippen molar-refractivity contribution in [1.82, 2.24) is 0 Å². The predicted molar refractivity (Wildman–Crippen MR) is 424 cm³/mol. The van der Waals surface area contributed by atoms with Gasteiger partial charge in [0.2, 0.25) is 23.6 Å². The summed E-state index contributed by atoms with van der Waals surface area (Å²) in [6.45, 7) is 2.52. The van der Waals surface area contributed by atoms with Gasteiger partial charge in [0.15, 0.2) is 5.78 Å². The van der Waals surface area contributed by atoms with Gasteiger partial charge in [0.05, 0.1) is 52.1 Å².